The van der Waals surface area contributed by atoms with Gasteiger partial charge in [-0.1, -0.05) is 24.3 Å². The standard InChI is InChI=1S/C23H19N3O2S/c1-13-4-3-5-17(10-13)25-22(28)21-14(2)20-18(11-19(27)26-23(20)29-21)16-8-6-15(12-24)7-9-16/h3-10,18H,11H2,1-2H3,(H,25,28)(H,26,27)/t18-/m0/s1. The van der Waals surface area contributed by atoms with Gasteiger partial charge >= 0.3 is 0 Å². The number of nitrogens with zero attached hydrogens (tertiary/aromatic N) is 1. The monoisotopic (exact) mass is 401 g/mol. The van der Waals surface area contributed by atoms with E-state index in [1.807, 2.05) is 50.2 Å². The molecule has 4 rings (SSSR count). The van der Waals surface area contributed by atoms with E-state index in [2.05, 4.69) is 16.7 Å². The van der Waals surface area contributed by atoms with Gasteiger partial charge in [-0.15, -0.1) is 11.3 Å². The fourth-order valence-electron chi connectivity index (χ4n) is 3.71. The zero-order valence-corrected chi connectivity index (χ0v) is 16.9. The molecule has 2 aromatic carbocycles. The molecule has 0 radical (unpaired) electrons. The number of benzene rings is 2. The molecule has 5 nitrogen and oxygen atoms in total. The van der Waals surface area contributed by atoms with Gasteiger partial charge in [-0.25, -0.2) is 0 Å². The molecule has 6 heteroatoms. The molecule has 1 aliphatic heterocycles. The number of hydrogen-bond acceptors (Lipinski definition) is 4. The Morgan fingerprint density at radius 3 is 2.66 bits per heavy atom. The maximum Gasteiger partial charge on any atom is 0.266 e. The van der Waals surface area contributed by atoms with Crippen molar-refractivity contribution in [1.82, 2.24) is 0 Å². The molecule has 1 atom stereocenters. The lowest BCUT2D eigenvalue weighted by molar-refractivity contribution is -0.116. The summed E-state index contributed by atoms with van der Waals surface area (Å²) in [6, 6.07) is 17.0. The number of nitrogens with one attached hydrogen (secondary N) is 2. The Morgan fingerprint density at radius 2 is 1.97 bits per heavy atom. The van der Waals surface area contributed by atoms with Crippen LogP contribution >= 0.6 is 11.3 Å². The van der Waals surface area contributed by atoms with Gasteiger partial charge < -0.3 is 10.6 Å². The maximum absolute atomic E-state index is 12.9. The highest BCUT2D eigenvalue weighted by atomic mass is 32.1. The quantitative estimate of drug-likeness (QED) is 0.650. The Balaban J connectivity index is 1.70. The zero-order valence-electron chi connectivity index (χ0n) is 16.1. The number of amides is 2. The van der Waals surface area contributed by atoms with E-state index in [0.29, 0.717) is 16.9 Å². The summed E-state index contributed by atoms with van der Waals surface area (Å²) >= 11 is 1.31. The van der Waals surface area contributed by atoms with Gasteiger partial charge in [-0.3, -0.25) is 9.59 Å². The van der Waals surface area contributed by atoms with Crippen LogP contribution in [0.4, 0.5) is 10.7 Å². The van der Waals surface area contributed by atoms with Crippen LogP contribution in [0.25, 0.3) is 0 Å². The second-order valence-electron chi connectivity index (χ2n) is 7.16. The van der Waals surface area contributed by atoms with E-state index >= 15 is 0 Å². The summed E-state index contributed by atoms with van der Waals surface area (Å²) in [5.41, 5.74) is 5.21. The molecule has 2 amide bonds. The minimum Gasteiger partial charge on any atom is -0.321 e. The number of aryl methyl sites for hydroxylation is 1. The van der Waals surface area contributed by atoms with Crippen LogP contribution in [-0.4, -0.2) is 11.8 Å². The first-order chi connectivity index (χ1) is 14.0. The van der Waals surface area contributed by atoms with E-state index in [1.54, 1.807) is 12.1 Å². The van der Waals surface area contributed by atoms with Gasteiger partial charge in [0, 0.05) is 18.0 Å². The predicted octanol–water partition coefficient (Wildman–Crippen LogP) is 4.96. The van der Waals surface area contributed by atoms with Crippen LogP contribution in [0.1, 0.15) is 49.8 Å². The van der Waals surface area contributed by atoms with E-state index in [4.69, 9.17) is 5.26 Å². The van der Waals surface area contributed by atoms with Crippen LogP contribution < -0.4 is 10.6 Å². The van der Waals surface area contributed by atoms with Crippen LogP contribution in [0.5, 0.6) is 0 Å². The van der Waals surface area contributed by atoms with Crippen molar-refractivity contribution in [1.29, 1.82) is 5.26 Å². The van der Waals surface area contributed by atoms with Crippen LogP contribution in [0.15, 0.2) is 48.5 Å². The molecule has 29 heavy (non-hydrogen) atoms. The van der Waals surface area contributed by atoms with Gasteiger partial charge in [-0.2, -0.15) is 5.26 Å². The number of carbonyl (C=O) groups is 2. The van der Waals surface area contributed by atoms with Crippen molar-refractivity contribution in [3.8, 4) is 6.07 Å². The molecule has 0 bridgehead atoms. The largest absolute Gasteiger partial charge is 0.321 e. The van der Waals surface area contributed by atoms with Gasteiger partial charge in [0.25, 0.3) is 5.91 Å². The molecule has 3 aromatic rings. The summed E-state index contributed by atoms with van der Waals surface area (Å²) in [7, 11) is 0. The first kappa shape index (κ1) is 18.9. The summed E-state index contributed by atoms with van der Waals surface area (Å²) in [5, 5.41) is 15.6. The first-order valence-electron chi connectivity index (χ1n) is 9.27. The van der Waals surface area contributed by atoms with Crippen LogP contribution in [-0.2, 0) is 4.79 Å². The van der Waals surface area contributed by atoms with Crippen molar-refractivity contribution >= 4 is 33.8 Å². The Bertz CT molecular complexity index is 1160. The third-order valence-corrected chi connectivity index (χ3v) is 6.33. The predicted molar refractivity (Wildman–Crippen MR) is 114 cm³/mol. The number of thiophene rings is 1. The van der Waals surface area contributed by atoms with Crippen LogP contribution in [0.3, 0.4) is 0 Å². The molecule has 0 aliphatic carbocycles. The highest BCUT2D eigenvalue weighted by Gasteiger charge is 2.32. The second kappa shape index (κ2) is 7.53. The molecule has 1 aromatic heterocycles. The minimum atomic E-state index is -0.180. The number of hydrogen-bond donors (Lipinski definition) is 2. The molecule has 144 valence electrons. The highest BCUT2D eigenvalue weighted by Crippen LogP contribution is 2.45. The number of rotatable bonds is 3. The van der Waals surface area contributed by atoms with Crippen molar-refractivity contribution < 1.29 is 9.59 Å². The third-order valence-electron chi connectivity index (χ3n) is 5.11. The Morgan fingerprint density at radius 1 is 1.21 bits per heavy atom. The van der Waals surface area contributed by atoms with Crippen molar-refractivity contribution in [3.63, 3.8) is 0 Å². The lowest BCUT2D eigenvalue weighted by Gasteiger charge is -2.24. The molecule has 0 fully saturated rings. The van der Waals surface area contributed by atoms with Crippen molar-refractivity contribution in [2.24, 2.45) is 0 Å². The van der Waals surface area contributed by atoms with Crippen LogP contribution in [0.2, 0.25) is 0 Å². The minimum absolute atomic E-state index is 0.0706. The molecule has 0 saturated heterocycles. The van der Waals surface area contributed by atoms with Gasteiger partial charge in [0.2, 0.25) is 5.91 Å². The summed E-state index contributed by atoms with van der Waals surface area (Å²) in [4.78, 5) is 25.8. The lowest BCUT2D eigenvalue weighted by Crippen LogP contribution is -2.22. The first-order valence-corrected chi connectivity index (χ1v) is 10.1. The van der Waals surface area contributed by atoms with Crippen molar-refractivity contribution in [2.75, 3.05) is 10.6 Å². The average Bonchev–Trinajstić information content (AvgIpc) is 3.04. The Kier molecular flexibility index (Phi) is 4.91. The number of fused-ring (bicyclic) bond motifs is 1. The summed E-state index contributed by atoms with van der Waals surface area (Å²) in [6.07, 6.45) is 0.315. The zero-order chi connectivity index (χ0) is 20.5. The SMILES string of the molecule is Cc1cccc(NC(=O)c2sc3c(c2C)[C@H](c2ccc(C#N)cc2)CC(=O)N3)c1. The Hall–Kier alpha value is -3.43. The summed E-state index contributed by atoms with van der Waals surface area (Å²) in [5.74, 6) is -0.387. The van der Waals surface area contributed by atoms with Gasteiger partial charge in [0.15, 0.2) is 0 Å². The van der Waals surface area contributed by atoms with E-state index in [1.165, 1.54) is 11.3 Å². The van der Waals surface area contributed by atoms with Gasteiger partial charge in [-0.05, 0) is 60.4 Å². The number of nitriles is 1. The molecule has 0 saturated carbocycles. The molecule has 2 N–H and O–H groups in total. The van der Waals surface area contributed by atoms with Crippen molar-refractivity contribution in [3.05, 3.63) is 81.2 Å². The van der Waals surface area contributed by atoms with Crippen molar-refractivity contribution in [2.45, 2.75) is 26.2 Å². The molecule has 0 unspecified atom stereocenters. The molecular formula is C23H19N3O2S. The van der Waals surface area contributed by atoms with Gasteiger partial charge in [0.05, 0.1) is 21.5 Å². The molecule has 0 spiro atoms. The lowest BCUT2D eigenvalue weighted by atomic mass is 9.84. The fraction of sp³-hybridized carbons (Fsp3) is 0.174. The highest BCUT2D eigenvalue weighted by molar-refractivity contribution is 7.18. The smallest absolute Gasteiger partial charge is 0.266 e. The van der Waals surface area contributed by atoms with Crippen LogP contribution in [0, 0.1) is 25.2 Å². The topological polar surface area (TPSA) is 82.0 Å². The van der Waals surface area contributed by atoms with E-state index in [9.17, 15) is 9.59 Å². The van der Waals surface area contributed by atoms with Gasteiger partial charge in [0.1, 0.15) is 0 Å². The van der Waals surface area contributed by atoms with E-state index < -0.39 is 0 Å². The van der Waals surface area contributed by atoms with E-state index in [-0.39, 0.29) is 17.7 Å². The maximum atomic E-state index is 12.9. The number of carbonyl (C=O) groups excluding carboxylic acids is 2. The molecule has 2 heterocycles. The fourth-order valence-corrected chi connectivity index (χ4v) is 4.89. The molecular weight excluding hydrogens is 382 g/mol. The third kappa shape index (κ3) is 3.65. The average molecular weight is 401 g/mol. The molecule has 1 aliphatic rings. The number of anilines is 2. The Labute approximate surface area is 173 Å². The van der Waals surface area contributed by atoms with E-state index in [0.717, 1.165) is 32.9 Å². The second-order valence-corrected chi connectivity index (χ2v) is 8.18. The summed E-state index contributed by atoms with van der Waals surface area (Å²) < 4.78 is 0. The summed E-state index contributed by atoms with van der Waals surface area (Å²) in [6.45, 7) is 3.90. The normalized spacial score (nSPS) is 15.2.